The Balaban J connectivity index is 1.39. The van der Waals surface area contributed by atoms with Crippen LogP contribution in [0, 0.1) is 0 Å². The third-order valence-corrected chi connectivity index (χ3v) is 5.74. The van der Waals surface area contributed by atoms with Gasteiger partial charge >= 0.3 is 0 Å². The second-order valence-corrected chi connectivity index (χ2v) is 8.18. The molecule has 0 bridgehead atoms. The average Bonchev–Trinajstić information content (AvgIpc) is 3.49. The van der Waals surface area contributed by atoms with Gasteiger partial charge in [0, 0.05) is 34.1 Å². The van der Waals surface area contributed by atoms with Crippen LogP contribution in [0.5, 0.6) is 0 Å². The highest BCUT2D eigenvalue weighted by Crippen LogP contribution is 2.18. The number of carbonyl (C=O) groups excluding carboxylic acids is 3. The summed E-state index contributed by atoms with van der Waals surface area (Å²) in [5.74, 6) is -0.826. The summed E-state index contributed by atoms with van der Waals surface area (Å²) in [5.41, 5.74) is 1.92. The number of thiophene rings is 1. The molecule has 0 unspecified atom stereocenters. The summed E-state index contributed by atoms with van der Waals surface area (Å²) >= 11 is 2.68. The Bertz CT molecular complexity index is 1200. The van der Waals surface area contributed by atoms with Crippen LogP contribution in [0.25, 0.3) is 0 Å². The van der Waals surface area contributed by atoms with Crippen molar-refractivity contribution in [2.24, 2.45) is 0 Å². The molecule has 2 aromatic carbocycles. The molecule has 7 nitrogen and oxygen atoms in total. The summed E-state index contributed by atoms with van der Waals surface area (Å²) in [6.07, 6.45) is 1.61. The van der Waals surface area contributed by atoms with E-state index < -0.39 is 0 Å². The van der Waals surface area contributed by atoms with Crippen molar-refractivity contribution in [1.82, 2.24) is 4.98 Å². The van der Waals surface area contributed by atoms with Crippen molar-refractivity contribution in [3.63, 3.8) is 0 Å². The van der Waals surface area contributed by atoms with E-state index in [1.54, 1.807) is 72.2 Å². The van der Waals surface area contributed by atoms with E-state index in [4.69, 9.17) is 0 Å². The van der Waals surface area contributed by atoms with E-state index in [-0.39, 0.29) is 17.7 Å². The Morgan fingerprint density at radius 2 is 1.45 bits per heavy atom. The first kappa shape index (κ1) is 20.5. The number of thiazole rings is 1. The van der Waals surface area contributed by atoms with Crippen molar-refractivity contribution in [3.8, 4) is 0 Å². The summed E-state index contributed by atoms with van der Waals surface area (Å²) in [7, 11) is 0. The van der Waals surface area contributed by atoms with E-state index in [1.165, 1.54) is 22.7 Å². The van der Waals surface area contributed by atoms with Crippen LogP contribution in [0.1, 0.15) is 30.4 Å². The van der Waals surface area contributed by atoms with Crippen molar-refractivity contribution in [2.75, 3.05) is 16.0 Å². The van der Waals surface area contributed by atoms with E-state index in [9.17, 15) is 14.4 Å². The van der Waals surface area contributed by atoms with Gasteiger partial charge in [0.2, 0.25) is 0 Å². The summed E-state index contributed by atoms with van der Waals surface area (Å²) in [4.78, 5) is 41.6. The maximum atomic E-state index is 12.6. The zero-order valence-electron chi connectivity index (χ0n) is 16.0. The van der Waals surface area contributed by atoms with Gasteiger partial charge in [-0.3, -0.25) is 19.7 Å². The molecular formula is C22H16N4O3S2. The molecular weight excluding hydrogens is 432 g/mol. The number of hydrogen-bond donors (Lipinski definition) is 3. The number of benzene rings is 2. The Morgan fingerprint density at radius 1 is 0.677 bits per heavy atom. The molecule has 0 aliphatic carbocycles. The lowest BCUT2D eigenvalue weighted by Crippen LogP contribution is -2.14. The molecule has 2 aromatic heterocycles. The third kappa shape index (κ3) is 5.21. The molecule has 0 radical (unpaired) electrons. The standard InChI is InChI=1S/C22H16N4O3S2/c27-19(26-22-23-10-12-31-22)14-6-8-16(9-7-14)24-20(28)15-3-1-4-17(13-15)25-21(29)18-5-2-11-30-18/h1-13H,(H,24,28)(H,25,29)(H,23,26,27). The minimum atomic E-state index is -0.327. The Labute approximate surface area is 185 Å². The van der Waals surface area contributed by atoms with Gasteiger partial charge in [0.15, 0.2) is 5.13 Å². The zero-order valence-corrected chi connectivity index (χ0v) is 17.6. The van der Waals surface area contributed by atoms with E-state index in [0.29, 0.717) is 32.5 Å². The smallest absolute Gasteiger partial charge is 0.265 e. The summed E-state index contributed by atoms with van der Waals surface area (Å²) < 4.78 is 0. The molecule has 9 heteroatoms. The second kappa shape index (κ2) is 9.33. The Morgan fingerprint density at radius 3 is 2.16 bits per heavy atom. The number of rotatable bonds is 6. The number of carbonyl (C=O) groups is 3. The summed E-state index contributed by atoms with van der Waals surface area (Å²) in [6, 6.07) is 16.8. The quantitative estimate of drug-likeness (QED) is 0.388. The molecule has 31 heavy (non-hydrogen) atoms. The number of hydrogen-bond acceptors (Lipinski definition) is 6. The molecule has 0 atom stereocenters. The Kier molecular flexibility index (Phi) is 6.16. The normalized spacial score (nSPS) is 10.3. The molecule has 2 heterocycles. The lowest BCUT2D eigenvalue weighted by atomic mass is 10.1. The molecule has 154 valence electrons. The molecule has 4 aromatic rings. The lowest BCUT2D eigenvalue weighted by Gasteiger charge is -2.09. The maximum absolute atomic E-state index is 12.6. The zero-order chi connectivity index (χ0) is 21.6. The highest BCUT2D eigenvalue weighted by Gasteiger charge is 2.11. The van der Waals surface area contributed by atoms with Gasteiger partial charge < -0.3 is 10.6 Å². The van der Waals surface area contributed by atoms with Gasteiger partial charge in [-0.15, -0.1) is 22.7 Å². The minimum Gasteiger partial charge on any atom is -0.322 e. The van der Waals surface area contributed by atoms with Crippen LogP contribution in [0.4, 0.5) is 16.5 Å². The second-order valence-electron chi connectivity index (χ2n) is 6.34. The molecule has 0 fully saturated rings. The summed E-state index contributed by atoms with van der Waals surface area (Å²) in [6.45, 7) is 0. The van der Waals surface area contributed by atoms with Crippen LogP contribution >= 0.6 is 22.7 Å². The van der Waals surface area contributed by atoms with Crippen LogP contribution < -0.4 is 16.0 Å². The van der Waals surface area contributed by atoms with E-state index in [2.05, 4.69) is 20.9 Å². The SMILES string of the molecule is O=C(Nc1ccc(C(=O)Nc2nccs2)cc1)c1cccc(NC(=O)c2cccs2)c1. The number of nitrogens with zero attached hydrogens (tertiary/aromatic N) is 1. The molecule has 3 N–H and O–H groups in total. The number of aromatic nitrogens is 1. The predicted octanol–water partition coefficient (Wildman–Crippen LogP) is 4.96. The molecule has 0 saturated heterocycles. The van der Waals surface area contributed by atoms with Crippen LogP contribution in [0.15, 0.2) is 77.6 Å². The topological polar surface area (TPSA) is 100 Å². The average molecular weight is 449 g/mol. The van der Waals surface area contributed by atoms with E-state index in [1.807, 2.05) is 5.38 Å². The molecule has 4 rings (SSSR count). The van der Waals surface area contributed by atoms with Crippen molar-refractivity contribution in [1.29, 1.82) is 0 Å². The molecule has 3 amide bonds. The van der Waals surface area contributed by atoms with Crippen LogP contribution in [0.3, 0.4) is 0 Å². The van der Waals surface area contributed by atoms with Gasteiger partial charge in [-0.1, -0.05) is 12.1 Å². The Hall–Kier alpha value is -3.82. The van der Waals surface area contributed by atoms with E-state index >= 15 is 0 Å². The monoisotopic (exact) mass is 448 g/mol. The number of nitrogens with one attached hydrogen (secondary N) is 3. The van der Waals surface area contributed by atoms with Crippen molar-refractivity contribution in [2.45, 2.75) is 0 Å². The van der Waals surface area contributed by atoms with Gasteiger partial charge in [-0.25, -0.2) is 4.98 Å². The molecule has 0 spiro atoms. The molecule has 0 saturated carbocycles. The van der Waals surface area contributed by atoms with Crippen molar-refractivity contribution >= 4 is 56.9 Å². The first-order valence-electron chi connectivity index (χ1n) is 9.16. The molecule has 0 aliphatic heterocycles. The fourth-order valence-electron chi connectivity index (χ4n) is 2.70. The minimum absolute atomic E-state index is 0.223. The fraction of sp³-hybridized carbons (Fsp3) is 0. The van der Waals surface area contributed by atoms with Crippen LogP contribution in [-0.2, 0) is 0 Å². The third-order valence-electron chi connectivity index (χ3n) is 4.19. The highest BCUT2D eigenvalue weighted by atomic mass is 32.1. The van der Waals surface area contributed by atoms with Crippen LogP contribution in [0.2, 0.25) is 0 Å². The van der Waals surface area contributed by atoms with Gasteiger partial charge in [0.1, 0.15) is 0 Å². The van der Waals surface area contributed by atoms with E-state index in [0.717, 1.165) is 0 Å². The lowest BCUT2D eigenvalue weighted by molar-refractivity contribution is 0.101. The predicted molar refractivity (Wildman–Crippen MR) is 123 cm³/mol. The van der Waals surface area contributed by atoms with Gasteiger partial charge in [-0.2, -0.15) is 0 Å². The fourth-order valence-corrected chi connectivity index (χ4v) is 3.84. The largest absolute Gasteiger partial charge is 0.322 e. The van der Waals surface area contributed by atoms with Crippen LogP contribution in [-0.4, -0.2) is 22.7 Å². The first-order chi connectivity index (χ1) is 15.1. The first-order valence-corrected chi connectivity index (χ1v) is 10.9. The maximum Gasteiger partial charge on any atom is 0.265 e. The van der Waals surface area contributed by atoms with Gasteiger partial charge in [0.05, 0.1) is 4.88 Å². The van der Waals surface area contributed by atoms with Gasteiger partial charge in [0.25, 0.3) is 17.7 Å². The van der Waals surface area contributed by atoms with Crippen molar-refractivity contribution < 1.29 is 14.4 Å². The molecule has 0 aliphatic rings. The summed E-state index contributed by atoms with van der Waals surface area (Å²) in [5, 5.41) is 12.4. The number of anilines is 3. The van der Waals surface area contributed by atoms with Gasteiger partial charge in [-0.05, 0) is 53.9 Å². The number of amides is 3. The highest BCUT2D eigenvalue weighted by molar-refractivity contribution is 7.13. The van der Waals surface area contributed by atoms with Crippen molar-refractivity contribution in [3.05, 3.63) is 93.6 Å².